The molecule has 0 aliphatic heterocycles. The fourth-order valence-electron chi connectivity index (χ4n) is 6.78. The Morgan fingerprint density at radius 3 is 1.19 bits per heavy atom. The second-order valence-corrected chi connectivity index (χ2v) is 16.3. The second kappa shape index (κ2) is 36.3. The van der Waals surface area contributed by atoms with Gasteiger partial charge in [0.1, 0.15) is 12.6 Å². The van der Waals surface area contributed by atoms with Crippen molar-refractivity contribution in [2.24, 2.45) is 0 Å². The van der Waals surface area contributed by atoms with Crippen LogP contribution in [0.3, 0.4) is 0 Å². The lowest BCUT2D eigenvalue weighted by atomic mass is 10.0. The molecule has 0 aromatic rings. The molecule has 0 amide bonds. The molecule has 0 N–H and O–H groups in total. The molecule has 2 atom stereocenters. The number of esters is 2. The van der Waals surface area contributed by atoms with Crippen LogP contribution in [0.15, 0.2) is 0 Å². The van der Waals surface area contributed by atoms with E-state index >= 15 is 0 Å². The lowest BCUT2D eigenvalue weighted by Crippen LogP contribution is -2.55. The molecule has 0 aliphatic rings. The van der Waals surface area contributed by atoms with Crippen molar-refractivity contribution in [2.75, 3.05) is 41.0 Å². The van der Waals surface area contributed by atoms with E-state index in [0.717, 1.165) is 51.4 Å². The quantitative estimate of drug-likeness (QED) is 0.0350. The number of carbonyl (C=O) groups is 3. The van der Waals surface area contributed by atoms with E-state index in [-0.39, 0.29) is 42.7 Å². The van der Waals surface area contributed by atoms with E-state index in [4.69, 9.17) is 14.2 Å². The molecule has 8 nitrogen and oxygen atoms in total. The number of likely N-dealkylation sites (N-methyl/N-ethyl adjacent to an activating group) is 1. The average molecular weight is 740 g/mol. The van der Waals surface area contributed by atoms with Gasteiger partial charge in [-0.05, 0) is 12.8 Å². The van der Waals surface area contributed by atoms with Crippen molar-refractivity contribution >= 4 is 17.9 Å². The minimum absolute atomic E-state index is 0.0475. The summed E-state index contributed by atoms with van der Waals surface area (Å²) in [5.41, 5.74) is 0. The topological polar surface area (TPSA) is 102 Å². The van der Waals surface area contributed by atoms with Crippen LogP contribution < -0.4 is 5.11 Å². The normalized spacial score (nSPS) is 12.9. The molecule has 0 rings (SSSR count). The van der Waals surface area contributed by atoms with Gasteiger partial charge in [-0.1, -0.05) is 181 Å². The van der Waals surface area contributed by atoms with Gasteiger partial charge in [-0.2, -0.15) is 0 Å². The monoisotopic (exact) mass is 740 g/mol. The summed E-state index contributed by atoms with van der Waals surface area (Å²) in [6.07, 6.45) is 36.0. The van der Waals surface area contributed by atoms with Crippen molar-refractivity contribution in [3.63, 3.8) is 0 Å². The van der Waals surface area contributed by atoms with Gasteiger partial charge in [-0.25, -0.2) is 0 Å². The second-order valence-electron chi connectivity index (χ2n) is 16.3. The summed E-state index contributed by atoms with van der Waals surface area (Å²) in [4.78, 5) is 36.5. The van der Waals surface area contributed by atoms with Crippen LogP contribution in [0, 0.1) is 0 Å². The molecule has 0 saturated carbocycles. The van der Waals surface area contributed by atoms with Crippen LogP contribution in [0.25, 0.3) is 0 Å². The van der Waals surface area contributed by atoms with Gasteiger partial charge in [0.15, 0.2) is 6.10 Å². The van der Waals surface area contributed by atoms with Crippen LogP contribution >= 0.6 is 0 Å². The average Bonchev–Trinajstić information content (AvgIpc) is 3.09. The van der Waals surface area contributed by atoms with Crippen molar-refractivity contribution in [3.05, 3.63) is 0 Å². The molecule has 0 bridgehead atoms. The molecule has 0 fully saturated rings. The summed E-state index contributed by atoms with van der Waals surface area (Å²) in [6.45, 7) is 4.60. The van der Waals surface area contributed by atoms with Crippen LogP contribution in [0.5, 0.6) is 0 Å². The molecule has 0 saturated heterocycles. The molecular formula is C44H85NO7. The van der Waals surface area contributed by atoms with E-state index in [1.807, 2.05) is 0 Å². The highest BCUT2D eigenvalue weighted by atomic mass is 16.6. The maximum atomic E-state index is 12.6. The molecule has 52 heavy (non-hydrogen) atoms. The van der Waals surface area contributed by atoms with Gasteiger partial charge in [0.05, 0.1) is 40.3 Å². The van der Waals surface area contributed by atoms with E-state index in [0.29, 0.717) is 12.8 Å². The zero-order valence-electron chi connectivity index (χ0n) is 35.0. The van der Waals surface area contributed by atoms with Crippen LogP contribution in [-0.4, -0.2) is 75.5 Å². The number of carboxylic acids is 1. The highest BCUT2D eigenvalue weighted by Crippen LogP contribution is 2.16. The first-order chi connectivity index (χ1) is 25.1. The number of hydrogen-bond donors (Lipinski definition) is 0. The number of hydrogen-bond acceptors (Lipinski definition) is 7. The predicted molar refractivity (Wildman–Crippen MR) is 213 cm³/mol. The van der Waals surface area contributed by atoms with Gasteiger partial charge in [0.2, 0.25) is 0 Å². The van der Waals surface area contributed by atoms with E-state index in [1.165, 1.54) is 128 Å². The van der Waals surface area contributed by atoms with E-state index in [2.05, 4.69) is 13.8 Å². The standard InChI is InChI=1S/C44H85NO7/c1-6-8-10-12-13-14-15-16-17-18-19-20-21-22-23-24-25-26-27-28-29-31-33-35-43(47)52-40(39-51-42(46)34-32-30-11-9-7-2)38-50-37-36-41(44(48)49)45(3,4)5/h40-41H,6-39H2,1-5H3. The Labute approximate surface area is 321 Å². The van der Waals surface area contributed by atoms with Gasteiger partial charge >= 0.3 is 11.9 Å². The Morgan fingerprint density at radius 1 is 0.500 bits per heavy atom. The van der Waals surface area contributed by atoms with Gasteiger partial charge in [0.25, 0.3) is 0 Å². The van der Waals surface area contributed by atoms with Crippen LogP contribution in [0.4, 0.5) is 0 Å². The Bertz CT molecular complexity index is 828. The number of ether oxygens (including phenoxy) is 3. The number of carbonyl (C=O) groups excluding carboxylic acids is 3. The summed E-state index contributed by atoms with van der Waals surface area (Å²) < 4.78 is 17.0. The lowest BCUT2D eigenvalue weighted by Gasteiger charge is -2.34. The fraction of sp³-hybridized carbons (Fsp3) is 0.932. The molecule has 0 spiro atoms. The highest BCUT2D eigenvalue weighted by Gasteiger charge is 2.25. The molecule has 8 heteroatoms. The van der Waals surface area contributed by atoms with Crippen molar-refractivity contribution < 1.29 is 38.2 Å². The number of quaternary nitrogens is 1. The first-order valence-corrected chi connectivity index (χ1v) is 22.1. The smallest absolute Gasteiger partial charge is 0.306 e. The Hall–Kier alpha value is -1.67. The number of unbranched alkanes of at least 4 members (excludes halogenated alkanes) is 26. The fourth-order valence-corrected chi connectivity index (χ4v) is 6.78. The molecule has 0 heterocycles. The van der Waals surface area contributed by atoms with Crippen LogP contribution in [0.1, 0.15) is 213 Å². The number of aliphatic carboxylic acids is 1. The Balaban J connectivity index is 4.01. The minimum atomic E-state index is -1.12. The van der Waals surface area contributed by atoms with Crippen LogP contribution in [-0.2, 0) is 28.6 Å². The van der Waals surface area contributed by atoms with E-state index in [1.54, 1.807) is 21.1 Å². The zero-order chi connectivity index (χ0) is 38.5. The zero-order valence-corrected chi connectivity index (χ0v) is 35.0. The SMILES string of the molecule is CCCCCCCCCCCCCCCCCCCCCCCCCC(=O)OC(COCCC(C(=O)[O-])[N+](C)(C)C)COC(=O)CCCCCCC. The van der Waals surface area contributed by atoms with Gasteiger partial charge in [-0.15, -0.1) is 0 Å². The summed E-state index contributed by atoms with van der Waals surface area (Å²) in [5, 5.41) is 11.6. The van der Waals surface area contributed by atoms with Crippen molar-refractivity contribution in [1.82, 2.24) is 0 Å². The summed E-state index contributed by atoms with van der Waals surface area (Å²) >= 11 is 0. The molecule has 2 unspecified atom stereocenters. The first-order valence-electron chi connectivity index (χ1n) is 22.1. The summed E-state index contributed by atoms with van der Waals surface area (Å²) in [5.74, 6) is -1.73. The number of carboxylic acid groups (broad SMARTS) is 1. The molecule has 0 aromatic heterocycles. The van der Waals surface area contributed by atoms with Crippen molar-refractivity contribution in [2.45, 2.75) is 225 Å². The number of nitrogens with zero attached hydrogens (tertiary/aromatic N) is 1. The third-order valence-corrected chi connectivity index (χ3v) is 10.2. The van der Waals surface area contributed by atoms with Gasteiger partial charge in [0, 0.05) is 19.3 Å². The third kappa shape index (κ3) is 34.1. The summed E-state index contributed by atoms with van der Waals surface area (Å²) in [6, 6.07) is -0.717. The Morgan fingerprint density at radius 2 is 0.846 bits per heavy atom. The first kappa shape index (κ1) is 50.3. The molecule has 0 aromatic carbocycles. The Kier molecular flexibility index (Phi) is 35.1. The molecule has 0 radical (unpaired) electrons. The third-order valence-electron chi connectivity index (χ3n) is 10.2. The molecule has 0 aliphatic carbocycles. The van der Waals surface area contributed by atoms with Crippen molar-refractivity contribution in [3.8, 4) is 0 Å². The minimum Gasteiger partial charge on any atom is -0.544 e. The van der Waals surface area contributed by atoms with E-state index < -0.39 is 18.1 Å². The largest absolute Gasteiger partial charge is 0.544 e. The molecule has 308 valence electrons. The van der Waals surface area contributed by atoms with E-state index in [9.17, 15) is 19.5 Å². The maximum Gasteiger partial charge on any atom is 0.306 e. The summed E-state index contributed by atoms with van der Waals surface area (Å²) in [7, 11) is 5.40. The van der Waals surface area contributed by atoms with Gasteiger partial charge < -0.3 is 28.6 Å². The predicted octanol–water partition coefficient (Wildman–Crippen LogP) is 10.4. The van der Waals surface area contributed by atoms with Gasteiger partial charge in [-0.3, -0.25) is 9.59 Å². The highest BCUT2D eigenvalue weighted by molar-refractivity contribution is 5.70. The maximum absolute atomic E-state index is 12.6. The van der Waals surface area contributed by atoms with Crippen molar-refractivity contribution in [1.29, 1.82) is 0 Å². The molecular weight excluding hydrogens is 654 g/mol. The number of rotatable bonds is 40. The van der Waals surface area contributed by atoms with Crippen LogP contribution in [0.2, 0.25) is 0 Å². The lowest BCUT2D eigenvalue weighted by molar-refractivity contribution is -0.889.